The van der Waals surface area contributed by atoms with Gasteiger partial charge in [-0.2, -0.15) is 4.37 Å². The van der Waals surface area contributed by atoms with E-state index in [4.69, 9.17) is 9.72 Å². The highest BCUT2D eigenvalue weighted by Crippen LogP contribution is 2.37. The standard InChI is InChI=1S/C24H32N4O3S2/c1-3-19-12-17(14-28-11-8-18-6-4-5-7-21(18)28)13-22(31-19)24-25-23(32-26-24)16-27-10-9-20(15-27)33(2,29)30/h4-8,11,17,19-20,22H,3,9-10,12-16H2,1-2H3. The van der Waals surface area contributed by atoms with Gasteiger partial charge in [-0.25, -0.2) is 13.4 Å². The molecule has 0 aliphatic carbocycles. The number of likely N-dealkylation sites (tertiary alicyclic amines) is 1. The first-order valence-electron chi connectivity index (χ1n) is 11.8. The van der Waals surface area contributed by atoms with Crippen molar-refractivity contribution < 1.29 is 13.2 Å². The Bertz CT molecular complexity index is 1210. The van der Waals surface area contributed by atoms with E-state index in [0.29, 0.717) is 25.4 Å². The van der Waals surface area contributed by atoms with E-state index < -0.39 is 9.84 Å². The summed E-state index contributed by atoms with van der Waals surface area (Å²) in [6, 6.07) is 10.7. The van der Waals surface area contributed by atoms with E-state index in [0.717, 1.165) is 43.2 Å². The van der Waals surface area contributed by atoms with Crippen molar-refractivity contribution in [2.75, 3.05) is 19.3 Å². The van der Waals surface area contributed by atoms with E-state index in [9.17, 15) is 8.42 Å². The van der Waals surface area contributed by atoms with Crippen molar-refractivity contribution in [3.63, 3.8) is 0 Å². The summed E-state index contributed by atoms with van der Waals surface area (Å²) in [6.45, 7) is 5.18. The lowest BCUT2D eigenvalue weighted by molar-refractivity contribution is -0.0799. The number of hydrogen-bond donors (Lipinski definition) is 0. The van der Waals surface area contributed by atoms with Crippen LogP contribution in [0.25, 0.3) is 10.9 Å². The Kier molecular flexibility index (Phi) is 6.57. The first-order valence-corrected chi connectivity index (χ1v) is 14.5. The molecule has 2 saturated heterocycles. The van der Waals surface area contributed by atoms with Crippen LogP contribution in [0.1, 0.15) is 49.5 Å². The second-order valence-electron chi connectivity index (χ2n) is 9.54. The number of benzene rings is 1. The Morgan fingerprint density at radius 2 is 2.06 bits per heavy atom. The van der Waals surface area contributed by atoms with Crippen LogP contribution in [-0.4, -0.2) is 57.9 Å². The van der Waals surface area contributed by atoms with Crippen LogP contribution in [0, 0.1) is 5.92 Å². The van der Waals surface area contributed by atoms with Crippen LogP contribution in [0.2, 0.25) is 0 Å². The maximum absolute atomic E-state index is 11.8. The lowest BCUT2D eigenvalue weighted by atomic mass is 9.90. The normalized spacial score (nSPS) is 26.8. The summed E-state index contributed by atoms with van der Waals surface area (Å²) >= 11 is 1.42. The van der Waals surface area contributed by atoms with Crippen molar-refractivity contribution in [2.24, 2.45) is 5.92 Å². The third kappa shape index (κ3) is 5.16. The molecule has 0 spiro atoms. The van der Waals surface area contributed by atoms with Gasteiger partial charge in [0.1, 0.15) is 11.1 Å². The van der Waals surface area contributed by atoms with Crippen LogP contribution in [-0.2, 0) is 27.7 Å². The zero-order valence-electron chi connectivity index (χ0n) is 19.3. The largest absolute Gasteiger partial charge is 0.367 e. The zero-order valence-corrected chi connectivity index (χ0v) is 20.9. The molecule has 4 atom stereocenters. The lowest BCUT2D eigenvalue weighted by Crippen LogP contribution is -2.30. The molecule has 0 amide bonds. The molecule has 1 aromatic carbocycles. The van der Waals surface area contributed by atoms with E-state index in [1.54, 1.807) is 0 Å². The summed E-state index contributed by atoms with van der Waals surface area (Å²) in [5.41, 5.74) is 1.28. The molecular formula is C24H32N4O3S2. The van der Waals surface area contributed by atoms with Gasteiger partial charge in [0.2, 0.25) is 0 Å². The Morgan fingerprint density at radius 3 is 2.85 bits per heavy atom. The summed E-state index contributed by atoms with van der Waals surface area (Å²) < 4.78 is 37.1. The van der Waals surface area contributed by atoms with Gasteiger partial charge in [-0.3, -0.25) is 4.90 Å². The molecule has 2 aromatic heterocycles. The molecule has 178 valence electrons. The van der Waals surface area contributed by atoms with Crippen LogP contribution in [0.15, 0.2) is 36.5 Å². The molecule has 0 bridgehead atoms. The minimum absolute atomic E-state index is 0.0807. The average Bonchev–Trinajstić information content (AvgIpc) is 3.54. The van der Waals surface area contributed by atoms with Gasteiger partial charge in [-0.15, -0.1) is 0 Å². The smallest absolute Gasteiger partial charge is 0.171 e. The molecule has 2 fully saturated rings. The molecule has 2 aliphatic rings. The van der Waals surface area contributed by atoms with E-state index in [2.05, 4.69) is 57.3 Å². The lowest BCUT2D eigenvalue weighted by Gasteiger charge is -2.34. The fourth-order valence-corrected chi connectivity index (χ4v) is 6.96. The number of sulfone groups is 1. The summed E-state index contributed by atoms with van der Waals surface area (Å²) in [5, 5.41) is 1.95. The van der Waals surface area contributed by atoms with Gasteiger partial charge in [-0.05, 0) is 67.2 Å². The van der Waals surface area contributed by atoms with Crippen molar-refractivity contribution in [3.8, 4) is 0 Å². The van der Waals surface area contributed by atoms with Gasteiger partial charge in [0.15, 0.2) is 15.7 Å². The molecule has 33 heavy (non-hydrogen) atoms. The number of fused-ring (bicyclic) bond motifs is 1. The Hall–Kier alpha value is -1.81. The highest BCUT2D eigenvalue weighted by Gasteiger charge is 2.33. The molecule has 2 aliphatic heterocycles. The van der Waals surface area contributed by atoms with Crippen molar-refractivity contribution in [1.82, 2.24) is 18.8 Å². The van der Waals surface area contributed by atoms with Gasteiger partial charge in [-0.1, -0.05) is 25.1 Å². The van der Waals surface area contributed by atoms with Crippen molar-refractivity contribution >= 4 is 32.3 Å². The summed E-state index contributed by atoms with van der Waals surface area (Å²) in [5.74, 6) is 1.29. The SMILES string of the molecule is CCC1CC(Cn2ccc3ccccc32)CC(c2nsc(CN3CCC(S(C)(=O)=O)C3)n2)O1. The number of aromatic nitrogens is 3. The fraction of sp³-hybridized carbons (Fsp3) is 0.583. The van der Waals surface area contributed by atoms with Crippen molar-refractivity contribution in [2.45, 2.75) is 63.2 Å². The molecule has 5 rings (SSSR count). The second kappa shape index (κ2) is 9.44. The molecule has 4 unspecified atom stereocenters. The van der Waals surface area contributed by atoms with E-state index >= 15 is 0 Å². The van der Waals surface area contributed by atoms with Crippen LogP contribution >= 0.6 is 11.5 Å². The minimum Gasteiger partial charge on any atom is -0.367 e. The first-order chi connectivity index (χ1) is 15.9. The van der Waals surface area contributed by atoms with Crippen LogP contribution in [0.5, 0.6) is 0 Å². The predicted octanol–water partition coefficient (Wildman–Crippen LogP) is 4.06. The molecule has 0 radical (unpaired) electrons. The van der Waals surface area contributed by atoms with E-state index in [1.807, 2.05) is 0 Å². The molecule has 7 nitrogen and oxygen atoms in total. The van der Waals surface area contributed by atoms with Crippen LogP contribution in [0.3, 0.4) is 0 Å². The molecule has 0 saturated carbocycles. The van der Waals surface area contributed by atoms with E-state index in [-0.39, 0.29) is 17.5 Å². The van der Waals surface area contributed by atoms with Crippen LogP contribution < -0.4 is 0 Å². The number of nitrogens with zero attached hydrogens (tertiary/aromatic N) is 4. The monoisotopic (exact) mass is 488 g/mol. The van der Waals surface area contributed by atoms with Crippen LogP contribution in [0.4, 0.5) is 0 Å². The summed E-state index contributed by atoms with van der Waals surface area (Å²) in [7, 11) is -2.99. The Morgan fingerprint density at radius 1 is 1.21 bits per heavy atom. The van der Waals surface area contributed by atoms with Gasteiger partial charge < -0.3 is 9.30 Å². The van der Waals surface area contributed by atoms with Gasteiger partial charge in [0, 0.05) is 31.1 Å². The number of para-hydroxylation sites is 1. The molecule has 3 aromatic rings. The third-order valence-corrected chi connectivity index (χ3v) is 9.36. The second-order valence-corrected chi connectivity index (χ2v) is 12.7. The zero-order chi connectivity index (χ0) is 23.0. The molecule has 9 heteroatoms. The average molecular weight is 489 g/mol. The first kappa shape index (κ1) is 23.0. The summed E-state index contributed by atoms with van der Waals surface area (Å²) in [4.78, 5) is 6.99. The van der Waals surface area contributed by atoms with Crippen molar-refractivity contribution in [3.05, 3.63) is 47.4 Å². The maximum atomic E-state index is 11.8. The predicted molar refractivity (Wildman–Crippen MR) is 131 cm³/mol. The summed E-state index contributed by atoms with van der Waals surface area (Å²) in [6.07, 6.45) is 7.31. The van der Waals surface area contributed by atoms with Crippen molar-refractivity contribution in [1.29, 1.82) is 0 Å². The van der Waals surface area contributed by atoms with E-state index in [1.165, 1.54) is 28.7 Å². The Labute approximate surface area is 199 Å². The highest BCUT2D eigenvalue weighted by molar-refractivity contribution is 7.91. The van der Waals surface area contributed by atoms with Gasteiger partial charge >= 0.3 is 0 Å². The van der Waals surface area contributed by atoms with Gasteiger partial charge in [0.05, 0.1) is 17.9 Å². The highest BCUT2D eigenvalue weighted by atomic mass is 32.2. The molecular weight excluding hydrogens is 456 g/mol. The fourth-order valence-electron chi connectivity index (χ4n) is 5.21. The number of ether oxygens (including phenoxy) is 1. The maximum Gasteiger partial charge on any atom is 0.171 e. The van der Waals surface area contributed by atoms with Gasteiger partial charge in [0.25, 0.3) is 0 Å². The quantitative estimate of drug-likeness (QED) is 0.499. The minimum atomic E-state index is -2.99. The third-order valence-electron chi connectivity index (χ3n) is 7.06. The molecule has 4 heterocycles. The Balaban J connectivity index is 1.25. The molecule has 0 N–H and O–H groups in total. The number of hydrogen-bond acceptors (Lipinski definition) is 7. The topological polar surface area (TPSA) is 77.3 Å². The number of rotatable bonds is 7.